The van der Waals surface area contributed by atoms with Gasteiger partial charge in [-0.25, -0.2) is 10.1 Å². The number of methoxy groups -OCH3 is 1. The van der Waals surface area contributed by atoms with Gasteiger partial charge in [0.15, 0.2) is 0 Å². The predicted molar refractivity (Wildman–Crippen MR) is 80.0 cm³/mol. The Kier molecular flexibility index (Phi) is 8.06. The number of aliphatic hydroxyl groups is 1. The molecule has 0 saturated heterocycles. The van der Waals surface area contributed by atoms with Crippen molar-refractivity contribution >= 4 is 5.97 Å². The number of hydrogen-bond acceptors (Lipinski definition) is 7. The molecule has 0 aromatic heterocycles. The maximum absolute atomic E-state index is 11.2. The van der Waals surface area contributed by atoms with Crippen molar-refractivity contribution in [2.75, 3.05) is 21.0 Å². The number of carboxylic acid groups (broad SMARTS) is 1. The third-order valence-corrected chi connectivity index (χ3v) is 3.95. The molecule has 0 bridgehead atoms. The second-order valence-electron chi connectivity index (χ2n) is 5.66. The average molecular weight is 334 g/mol. The molecule has 1 aliphatic rings. The first-order chi connectivity index (χ1) is 10.8. The SMILES string of the molecule is C=C(C)[C@H](NC(O)[C@@H]1C[C@H](OC)[C@@H](OC[NH+]([O-])OC)C1)C(=O)O. The molecule has 1 aliphatic carbocycles. The Morgan fingerprint density at radius 3 is 2.52 bits per heavy atom. The fourth-order valence-corrected chi connectivity index (χ4v) is 2.64. The van der Waals surface area contributed by atoms with Crippen LogP contribution in [0.25, 0.3) is 0 Å². The zero-order valence-corrected chi connectivity index (χ0v) is 13.7. The fraction of sp³-hybridized carbons (Fsp3) is 0.786. The van der Waals surface area contributed by atoms with Gasteiger partial charge in [-0.15, -0.1) is 0 Å². The van der Waals surface area contributed by atoms with E-state index in [0.29, 0.717) is 18.4 Å². The molecule has 1 fully saturated rings. The third-order valence-electron chi connectivity index (χ3n) is 3.95. The molecular weight excluding hydrogens is 308 g/mol. The van der Waals surface area contributed by atoms with Crippen LogP contribution in [0.15, 0.2) is 12.2 Å². The number of aliphatic carboxylic acids is 1. The lowest BCUT2D eigenvalue weighted by Crippen LogP contribution is -3.06. The second kappa shape index (κ2) is 9.28. The van der Waals surface area contributed by atoms with Gasteiger partial charge in [0.25, 0.3) is 0 Å². The number of quaternary nitrogens is 1. The molecule has 0 aliphatic heterocycles. The van der Waals surface area contributed by atoms with E-state index < -0.39 is 23.5 Å². The first-order valence-electron chi connectivity index (χ1n) is 7.33. The molecule has 9 nitrogen and oxygen atoms in total. The normalized spacial score (nSPS) is 28.3. The van der Waals surface area contributed by atoms with Crippen LogP contribution in [-0.4, -0.2) is 61.6 Å². The molecule has 1 rings (SSSR count). The van der Waals surface area contributed by atoms with Crippen molar-refractivity contribution in [2.24, 2.45) is 5.92 Å². The Bertz CT molecular complexity index is 393. The lowest BCUT2D eigenvalue weighted by Gasteiger charge is -2.24. The van der Waals surface area contributed by atoms with Crippen molar-refractivity contribution in [3.05, 3.63) is 17.4 Å². The fourth-order valence-electron chi connectivity index (χ4n) is 2.64. The Morgan fingerprint density at radius 2 is 2.04 bits per heavy atom. The number of aliphatic hydroxyl groups excluding tert-OH is 1. The van der Waals surface area contributed by atoms with Crippen LogP contribution in [0.1, 0.15) is 19.8 Å². The van der Waals surface area contributed by atoms with Crippen molar-refractivity contribution in [1.29, 1.82) is 0 Å². The lowest BCUT2D eigenvalue weighted by atomic mass is 10.0. The van der Waals surface area contributed by atoms with Crippen LogP contribution in [0.5, 0.6) is 0 Å². The summed E-state index contributed by atoms with van der Waals surface area (Å²) in [6.07, 6.45) is -0.773. The second-order valence-corrected chi connectivity index (χ2v) is 5.66. The smallest absolute Gasteiger partial charge is 0.325 e. The summed E-state index contributed by atoms with van der Waals surface area (Å²) < 4.78 is 10.8. The first-order valence-corrected chi connectivity index (χ1v) is 7.33. The summed E-state index contributed by atoms with van der Waals surface area (Å²) in [6, 6.07) is -1.03. The quantitative estimate of drug-likeness (QED) is 0.219. The molecule has 4 N–H and O–H groups in total. The highest BCUT2D eigenvalue weighted by atomic mass is 16.9. The van der Waals surface area contributed by atoms with E-state index in [1.165, 1.54) is 14.2 Å². The number of carboxylic acids is 1. The van der Waals surface area contributed by atoms with Gasteiger partial charge in [-0.3, -0.25) is 10.1 Å². The van der Waals surface area contributed by atoms with Crippen LogP contribution in [0, 0.1) is 11.1 Å². The van der Waals surface area contributed by atoms with Crippen LogP contribution >= 0.6 is 0 Å². The van der Waals surface area contributed by atoms with Crippen LogP contribution in [0.3, 0.4) is 0 Å². The van der Waals surface area contributed by atoms with Gasteiger partial charge in [-0.2, -0.15) is 0 Å². The Balaban J connectivity index is 2.60. The minimum Gasteiger partial charge on any atom is -0.598 e. The molecule has 1 saturated carbocycles. The molecule has 9 heteroatoms. The van der Waals surface area contributed by atoms with Crippen molar-refractivity contribution in [3.8, 4) is 0 Å². The van der Waals surface area contributed by atoms with Gasteiger partial charge in [0.1, 0.15) is 12.3 Å². The molecule has 6 atom stereocenters. The summed E-state index contributed by atoms with van der Waals surface area (Å²) >= 11 is 0. The van der Waals surface area contributed by atoms with Crippen LogP contribution < -0.4 is 10.5 Å². The topological polar surface area (TPSA) is 125 Å². The van der Waals surface area contributed by atoms with E-state index >= 15 is 0 Å². The highest BCUT2D eigenvalue weighted by molar-refractivity contribution is 5.77. The summed E-state index contributed by atoms with van der Waals surface area (Å²) in [5.74, 6) is -1.36. The predicted octanol–water partition coefficient (Wildman–Crippen LogP) is -1.36. The van der Waals surface area contributed by atoms with Gasteiger partial charge >= 0.3 is 5.97 Å². The highest BCUT2D eigenvalue weighted by Gasteiger charge is 2.40. The van der Waals surface area contributed by atoms with E-state index in [1.807, 2.05) is 0 Å². The molecule has 134 valence electrons. The van der Waals surface area contributed by atoms with E-state index in [0.717, 1.165) is 0 Å². The molecule has 0 radical (unpaired) electrons. The summed E-state index contributed by atoms with van der Waals surface area (Å²) in [7, 11) is 2.80. The number of hydrogen-bond donors (Lipinski definition) is 4. The van der Waals surface area contributed by atoms with Gasteiger partial charge in [0, 0.05) is 13.0 Å². The molecule has 23 heavy (non-hydrogen) atoms. The number of rotatable bonds is 10. The number of nitrogens with one attached hydrogen (secondary N) is 2. The Hall–Kier alpha value is -1.07. The molecule has 0 heterocycles. The standard InChI is InChI=1S/C14H26N2O7/c1-8(2)12(14(18)19)15-13(17)9-5-10(21-3)11(6-9)23-7-16(20)22-4/h9-13,15-17H,1,5-7H2,2-4H3,(H,18,19)/t9-,10+,11+,12+,13?/m1/s1. The number of hydroxylamine groups is 2. The minimum atomic E-state index is -1.10. The Labute approximate surface area is 135 Å². The van der Waals surface area contributed by atoms with Crippen molar-refractivity contribution in [3.63, 3.8) is 0 Å². The van der Waals surface area contributed by atoms with Gasteiger partial charge in [-0.1, -0.05) is 12.2 Å². The molecule has 0 aromatic carbocycles. The zero-order valence-electron chi connectivity index (χ0n) is 13.7. The molecule has 0 amide bonds. The number of ether oxygens (including phenoxy) is 2. The molecule has 0 spiro atoms. The first kappa shape index (κ1) is 20.0. The molecule has 0 aromatic rings. The van der Waals surface area contributed by atoms with Crippen molar-refractivity contribution in [2.45, 2.75) is 44.2 Å². The van der Waals surface area contributed by atoms with E-state index in [9.17, 15) is 15.1 Å². The van der Waals surface area contributed by atoms with Crippen molar-refractivity contribution in [1.82, 2.24) is 5.32 Å². The summed E-state index contributed by atoms with van der Waals surface area (Å²) in [4.78, 5) is 15.7. The monoisotopic (exact) mass is 334 g/mol. The van der Waals surface area contributed by atoms with E-state index in [2.05, 4.69) is 16.7 Å². The largest absolute Gasteiger partial charge is 0.598 e. The highest BCUT2D eigenvalue weighted by Crippen LogP contribution is 2.32. The average Bonchev–Trinajstić information content (AvgIpc) is 2.92. The van der Waals surface area contributed by atoms with Crippen LogP contribution in [-0.2, 0) is 19.1 Å². The van der Waals surface area contributed by atoms with Gasteiger partial charge in [0.05, 0.1) is 19.3 Å². The van der Waals surface area contributed by atoms with Crippen molar-refractivity contribution < 1.29 is 34.5 Å². The van der Waals surface area contributed by atoms with Gasteiger partial charge < -0.3 is 24.9 Å². The summed E-state index contributed by atoms with van der Waals surface area (Å²) in [6.45, 7) is 4.99. The Morgan fingerprint density at radius 1 is 1.43 bits per heavy atom. The summed E-state index contributed by atoms with van der Waals surface area (Å²) in [5.41, 5.74) is 0.399. The van der Waals surface area contributed by atoms with E-state index in [-0.39, 0.29) is 24.9 Å². The number of carbonyl (C=O) groups is 1. The van der Waals surface area contributed by atoms with Crippen LogP contribution in [0.2, 0.25) is 0 Å². The maximum Gasteiger partial charge on any atom is 0.325 e. The molecule has 2 unspecified atom stereocenters. The minimum absolute atomic E-state index is 0.194. The summed E-state index contributed by atoms with van der Waals surface area (Å²) in [5, 5.41) is 32.7. The zero-order chi connectivity index (χ0) is 17.6. The van der Waals surface area contributed by atoms with E-state index in [1.54, 1.807) is 6.92 Å². The molecular formula is C14H26N2O7. The lowest BCUT2D eigenvalue weighted by molar-refractivity contribution is -1.06. The maximum atomic E-state index is 11.2. The van der Waals surface area contributed by atoms with E-state index in [4.69, 9.17) is 14.6 Å². The van der Waals surface area contributed by atoms with Crippen LogP contribution in [0.4, 0.5) is 0 Å². The third kappa shape index (κ3) is 5.81. The van der Waals surface area contributed by atoms with Gasteiger partial charge in [-0.05, 0) is 19.8 Å². The van der Waals surface area contributed by atoms with Gasteiger partial charge in [0.2, 0.25) is 6.73 Å².